The van der Waals surface area contributed by atoms with Gasteiger partial charge in [-0.2, -0.15) is 17.5 Å². The number of aromatic nitrogens is 2. The Hall–Kier alpha value is -2.88. The van der Waals surface area contributed by atoms with Crippen molar-refractivity contribution in [2.24, 2.45) is 0 Å². The SMILES string of the molecule is O=S(=O)(Nc1ncns1)c1cc2c(cc1F)[C@@H](N1CC[C@@](O)(C(F)(F)F)C[C@H]1c1ccc(F)cc1)CCO2. The summed E-state index contributed by atoms with van der Waals surface area (Å²) in [6, 6.07) is 5.33. The fourth-order valence-electron chi connectivity index (χ4n) is 4.94. The van der Waals surface area contributed by atoms with Gasteiger partial charge in [-0.05, 0) is 30.2 Å². The summed E-state index contributed by atoms with van der Waals surface area (Å²) >= 11 is 0.763. The van der Waals surface area contributed by atoms with E-state index >= 15 is 4.39 Å². The smallest absolute Gasteiger partial charge is 0.417 e. The van der Waals surface area contributed by atoms with Gasteiger partial charge in [-0.1, -0.05) is 12.1 Å². The van der Waals surface area contributed by atoms with E-state index in [9.17, 15) is 31.1 Å². The molecule has 3 heterocycles. The van der Waals surface area contributed by atoms with E-state index in [-0.39, 0.29) is 36.0 Å². The molecule has 0 spiro atoms. The van der Waals surface area contributed by atoms with E-state index in [1.54, 1.807) is 4.90 Å². The standard InChI is InChI=1S/C23H21F5N4O4S2/c24-14-3-1-13(2-4-14)18-11-22(33,23(26,27)28)6-7-32(18)17-5-8-36-19-10-20(16(25)9-15(17)19)38(34,35)31-21-29-12-30-37-21/h1-4,9-10,12,17-18,33H,5-8,11H2,(H,29,30,31)/t17-,18-,22-/m0/s1. The molecule has 8 nitrogen and oxygen atoms in total. The van der Waals surface area contributed by atoms with Gasteiger partial charge in [-0.3, -0.25) is 9.62 Å². The third-order valence-corrected chi connectivity index (χ3v) is 8.91. The van der Waals surface area contributed by atoms with Gasteiger partial charge in [0.2, 0.25) is 5.13 Å². The van der Waals surface area contributed by atoms with E-state index in [2.05, 4.69) is 14.1 Å². The van der Waals surface area contributed by atoms with Gasteiger partial charge in [0.1, 0.15) is 28.6 Å². The number of nitrogens with zero attached hydrogens (tertiary/aromatic N) is 3. The largest absolute Gasteiger partial charge is 0.493 e. The molecule has 2 aromatic carbocycles. The lowest BCUT2D eigenvalue weighted by molar-refractivity contribution is -0.280. The van der Waals surface area contributed by atoms with Crippen LogP contribution in [0, 0.1) is 11.6 Å². The van der Waals surface area contributed by atoms with E-state index in [1.807, 2.05) is 0 Å². The number of hydrogen-bond acceptors (Lipinski definition) is 8. The molecule has 1 saturated heterocycles. The van der Waals surface area contributed by atoms with Crippen molar-refractivity contribution in [1.82, 2.24) is 14.3 Å². The molecule has 0 bridgehead atoms. The first-order valence-electron chi connectivity index (χ1n) is 11.4. The fraction of sp³-hybridized carbons (Fsp3) is 0.391. The van der Waals surface area contributed by atoms with Crippen LogP contribution in [0.3, 0.4) is 0 Å². The number of piperidine rings is 1. The third-order valence-electron chi connectivity index (χ3n) is 6.84. The Morgan fingerprint density at radius 2 is 1.89 bits per heavy atom. The van der Waals surface area contributed by atoms with Gasteiger partial charge in [0, 0.05) is 54.6 Å². The molecular weight excluding hydrogens is 555 g/mol. The maximum Gasteiger partial charge on any atom is 0.417 e. The zero-order chi connectivity index (χ0) is 27.3. The molecule has 0 amide bonds. The fourth-order valence-corrected chi connectivity index (χ4v) is 6.68. The summed E-state index contributed by atoms with van der Waals surface area (Å²) in [5.41, 5.74) is -2.35. The quantitative estimate of drug-likeness (QED) is 0.429. The van der Waals surface area contributed by atoms with E-state index in [1.165, 1.54) is 12.1 Å². The van der Waals surface area contributed by atoms with Crippen LogP contribution in [0.1, 0.15) is 42.5 Å². The topological polar surface area (TPSA) is 105 Å². The Morgan fingerprint density at radius 1 is 1.16 bits per heavy atom. The van der Waals surface area contributed by atoms with Gasteiger partial charge < -0.3 is 9.84 Å². The highest BCUT2D eigenvalue weighted by Crippen LogP contribution is 2.50. The summed E-state index contributed by atoms with van der Waals surface area (Å²) in [7, 11) is -4.38. The number of fused-ring (bicyclic) bond motifs is 1. The molecule has 1 aromatic heterocycles. The molecule has 2 aliphatic heterocycles. The molecule has 0 aliphatic carbocycles. The number of nitrogens with one attached hydrogen (secondary N) is 1. The number of aliphatic hydroxyl groups is 1. The van der Waals surface area contributed by atoms with Crippen molar-refractivity contribution in [3.63, 3.8) is 0 Å². The minimum absolute atomic E-state index is 0.0616. The molecule has 15 heteroatoms. The minimum Gasteiger partial charge on any atom is -0.493 e. The Balaban J connectivity index is 1.52. The van der Waals surface area contributed by atoms with Gasteiger partial charge in [0.25, 0.3) is 10.0 Å². The van der Waals surface area contributed by atoms with Gasteiger partial charge in [0.15, 0.2) is 5.60 Å². The highest BCUT2D eigenvalue weighted by atomic mass is 32.2. The summed E-state index contributed by atoms with van der Waals surface area (Å²) in [5, 5.41) is 10.4. The molecule has 3 atom stereocenters. The van der Waals surface area contributed by atoms with E-state index in [0.717, 1.165) is 42.1 Å². The van der Waals surface area contributed by atoms with Gasteiger partial charge in [0.05, 0.1) is 6.61 Å². The number of benzene rings is 2. The Kier molecular flexibility index (Phi) is 6.82. The maximum absolute atomic E-state index is 15.2. The number of anilines is 1. The van der Waals surface area contributed by atoms with Crippen molar-refractivity contribution in [2.75, 3.05) is 17.9 Å². The van der Waals surface area contributed by atoms with Gasteiger partial charge in [-0.25, -0.2) is 22.2 Å². The Labute approximate surface area is 218 Å². The lowest BCUT2D eigenvalue weighted by Crippen LogP contribution is -2.55. The van der Waals surface area contributed by atoms with Crippen molar-refractivity contribution >= 4 is 26.7 Å². The van der Waals surface area contributed by atoms with Crippen LogP contribution in [0.5, 0.6) is 5.75 Å². The first-order valence-corrected chi connectivity index (χ1v) is 13.7. The van der Waals surface area contributed by atoms with Crippen molar-refractivity contribution in [1.29, 1.82) is 0 Å². The molecule has 0 radical (unpaired) electrons. The molecule has 0 saturated carbocycles. The van der Waals surface area contributed by atoms with Crippen molar-refractivity contribution in [3.8, 4) is 5.75 Å². The van der Waals surface area contributed by atoms with E-state index < -0.39 is 63.3 Å². The van der Waals surface area contributed by atoms with E-state index in [0.29, 0.717) is 5.56 Å². The number of ether oxygens (including phenoxy) is 1. The molecule has 204 valence electrons. The van der Waals surface area contributed by atoms with Crippen LogP contribution in [0.2, 0.25) is 0 Å². The van der Waals surface area contributed by atoms with Crippen LogP contribution in [0.4, 0.5) is 27.1 Å². The minimum atomic E-state index is -4.89. The van der Waals surface area contributed by atoms with E-state index in [4.69, 9.17) is 4.74 Å². The molecule has 5 rings (SSSR count). The highest BCUT2D eigenvalue weighted by Gasteiger charge is 2.57. The molecule has 2 N–H and O–H groups in total. The number of alkyl halides is 3. The molecule has 0 unspecified atom stereocenters. The van der Waals surface area contributed by atoms with Crippen LogP contribution < -0.4 is 9.46 Å². The maximum atomic E-state index is 15.2. The second-order valence-corrected chi connectivity index (χ2v) is 11.5. The normalized spacial score (nSPS) is 24.5. The Bertz CT molecular complexity index is 1420. The molecule has 3 aromatic rings. The lowest BCUT2D eigenvalue weighted by atomic mass is 9.81. The first-order chi connectivity index (χ1) is 17.9. The summed E-state index contributed by atoms with van der Waals surface area (Å²) in [5.74, 6) is -1.59. The molecule has 2 aliphatic rings. The van der Waals surface area contributed by atoms with Crippen molar-refractivity contribution in [3.05, 3.63) is 65.5 Å². The highest BCUT2D eigenvalue weighted by molar-refractivity contribution is 7.93. The number of rotatable bonds is 5. The predicted octanol–water partition coefficient (Wildman–Crippen LogP) is 4.57. The van der Waals surface area contributed by atoms with Gasteiger partial charge >= 0.3 is 6.18 Å². The van der Waals surface area contributed by atoms with Crippen LogP contribution in [0.15, 0.2) is 47.6 Å². The second kappa shape index (κ2) is 9.70. The second-order valence-electron chi connectivity index (χ2n) is 9.11. The zero-order valence-corrected chi connectivity index (χ0v) is 21.1. The average molecular weight is 577 g/mol. The molecular formula is C23H21F5N4O4S2. The predicted molar refractivity (Wildman–Crippen MR) is 126 cm³/mol. The number of likely N-dealkylation sites (tertiary alicyclic amines) is 1. The number of hydrogen-bond donors (Lipinski definition) is 2. The number of sulfonamides is 1. The monoisotopic (exact) mass is 576 g/mol. The zero-order valence-electron chi connectivity index (χ0n) is 19.5. The summed E-state index contributed by atoms with van der Waals surface area (Å²) in [4.78, 5) is 4.73. The molecule has 38 heavy (non-hydrogen) atoms. The van der Waals surface area contributed by atoms with Crippen LogP contribution >= 0.6 is 11.5 Å². The third kappa shape index (κ3) is 4.95. The first kappa shape index (κ1) is 26.7. The van der Waals surface area contributed by atoms with Crippen LogP contribution in [-0.4, -0.2) is 52.7 Å². The van der Waals surface area contributed by atoms with Crippen LogP contribution in [-0.2, 0) is 10.0 Å². The van der Waals surface area contributed by atoms with Crippen molar-refractivity contribution in [2.45, 2.75) is 48.0 Å². The summed E-state index contributed by atoms with van der Waals surface area (Å²) in [6.07, 6.45) is -4.82. The van der Waals surface area contributed by atoms with Gasteiger partial charge in [-0.15, -0.1) is 0 Å². The molecule has 1 fully saturated rings. The average Bonchev–Trinajstić information content (AvgIpc) is 3.35. The van der Waals surface area contributed by atoms with Crippen molar-refractivity contribution < 1.29 is 40.2 Å². The number of halogens is 5. The summed E-state index contributed by atoms with van der Waals surface area (Å²) in [6.45, 7) is -0.120. The Morgan fingerprint density at radius 3 is 2.55 bits per heavy atom. The summed E-state index contributed by atoms with van der Waals surface area (Å²) < 4.78 is 107. The van der Waals surface area contributed by atoms with Crippen LogP contribution in [0.25, 0.3) is 0 Å². The lowest BCUT2D eigenvalue weighted by Gasteiger charge is -2.48.